The Labute approximate surface area is 104 Å². The van der Waals surface area contributed by atoms with Gasteiger partial charge in [-0.25, -0.2) is 0 Å². The summed E-state index contributed by atoms with van der Waals surface area (Å²) in [6, 6.07) is 1.50. The maximum Gasteiger partial charge on any atom is 0.219 e. The summed E-state index contributed by atoms with van der Waals surface area (Å²) in [5.74, 6) is 0.166. The largest absolute Gasteiger partial charge is 0.359 e. The number of amides is 1. The Morgan fingerprint density at radius 3 is 2.82 bits per heavy atom. The van der Waals surface area contributed by atoms with Crippen LogP contribution in [0.2, 0.25) is 0 Å². The molecule has 2 fully saturated rings. The van der Waals surface area contributed by atoms with E-state index in [2.05, 4.69) is 15.5 Å². The van der Waals surface area contributed by atoms with Crippen molar-refractivity contribution < 1.29 is 4.79 Å². The molecule has 2 aliphatic rings. The molecular formula is C13H25N3O. The van der Waals surface area contributed by atoms with Crippen molar-refractivity contribution in [1.29, 1.82) is 0 Å². The minimum atomic E-state index is 0.166. The standard InChI is InChI=1S/C13H25N3O/c1-14-13(17)5-3-9-16(12-6-7-12)10-11-4-2-8-15-11/h11-12,15H,2-10H2,1H3,(H,14,17). The minimum Gasteiger partial charge on any atom is -0.359 e. The second kappa shape index (κ2) is 6.36. The SMILES string of the molecule is CNC(=O)CCCN(CC1CCCN1)C1CC1. The van der Waals surface area contributed by atoms with Crippen LogP contribution in [-0.4, -0.2) is 49.6 Å². The average Bonchev–Trinajstić information content (AvgIpc) is 3.06. The van der Waals surface area contributed by atoms with Gasteiger partial charge in [0, 0.05) is 32.1 Å². The van der Waals surface area contributed by atoms with Crippen LogP contribution in [0, 0.1) is 0 Å². The van der Waals surface area contributed by atoms with E-state index >= 15 is 0 Å². The van der Waals surface area contributed by atoms with Crippen LogP contribution in [0.4, 0.5) is 0 Å². The highest BCUT2D eigenvalue weighted by Gasteiger charge is 2.30. The molecule has 17 heavy (non-hydrogen) atoms. The molecule has 2 N–H and O–H groups in total. The smallest absolute Gasteiger partial charge is 0.219 e. The van der Waals surface area contributed by atoms with Crippen molar-refractivity contribution in [2.24, 2.45) is 0 Å². The number of hydrogen-bond acceptors (Lipinski definition) is 3. The topological polar surface area (TPSA) is 44.4 Å². The van der Waals surface area contributed by atoms with Crippen molar-refractivity contribution in [2.45, 2.75) is 50.6 Å². The van der Waals surface area contributed by atoms with Gasteiger partial charge in [-0.1, -0.05) is 0 Å². The first-order valence-electron chi connectivity index (χ1n) is 6.97. The summed E-state index contributed by atoms with van der Waals surface area (Å²) < 4.78 is 0. The number of carbonyl (C=O) groups is 1. The Hall–Kier alpha value is -0.610. The number of nitrogens with zero attached hydrogens (tertiary/aromatic N) is 1. The fourth-order valence-corrected chi connectivity index (χ4v) is 2.63. The molecule has 1 atom stereocenters. The molecule has 0 bridgehead atoms. The molecule has 1 heterocycles. The Balaban J connectivity index is 1.67. The Bertz CT molecular complexity index is 247. The zero-order chi connectivity index (χ0) is 12.1. The summed E-state index contributed by atoms with van der Waals surface area (Å²) >= 11 is 0. The summed E-state index contributed by atoms with van der Waals surface area (Å²) in [6.07, 6.45) is 7.00. The fraction of sp³-hybridized carbons (Fsp3) is 0.923. The quantitative estimate of drug-likeness (QED) is 0.688. The summed E-state index contributed by atoms with van der Waals surface area (Å²) in [5.41, 5.74) is 0. The van der Waals surface area contributed by atoms with E-state index in [1.54, 1.807) is 7.05 Å². The molecule has 4 nitrogen and oxygen atoms in total. The third kappa shape index (κ3) is 4.28. The molecule has 0 aromatic rings. The summed E-state index contributed by atoms with van der Waals surface area (Å²) in [7, 11) is 1.71. The molecule has 1 unspecified atom stereocenters. The number of nitrogens with one attached hydrogen (secondary N) is 2. The lowest BCUT2D eigenvalue weighted by Gasteiger charge is -2.25. The molecule has 0 radical (unpaired) electrons. The summed E-state index contributed by atoms with van der Waals surface area (Å²) in [6.45, 7) is 3.44. The van der Waals surface area contributed by atoms with Gasteiger partial charge in [-0.05, 0) is 45.2 Å². The first-order valence-corrected chi connectivity index (χ1v) is 6.97. The van der Waals surface area contributed by atoms with Gasteiger partial charge < -0.3 is 10.6 Å². The number of hydrogen-bond donors (Lipinski definition) is 2. The lowest BCUT2D eigenvalue weighted by molar-refractivity contribution is -0.120. The molecular weight excluding hydrogens is 214 g/mol. The zero-order valence-electron chi connectivity index (χ0n) is 10.9. The van der Waals surface area contributed by atoms with Crippen molar-refractivity contribution in [3.05, 3.63) is 0 Å². The van der Waals surface area contributed by atoms with Crippen molar-refractivity contribution in [1.82, 2.24) is 15.5 Å². The van der Waals surface area contributed by atoms with Gasteiger partial charge in [-0.15, -0.1) is 0 Å². The van der Waals surface area contributed by atoms with Crippen LogP contribution >= 0.6 is 0 Å². The summed E-state index contributed by atoms with van der Waals surface area (Å²) in [5, 5.41) is 6.25. The molecule has 1 amide bonds. The van der Waals surface area contributed by atoms with Gasteiger partial charge in [0.2, 0.25) is 5.91 Å². The highest BCUT2D eigenvalue weighted by molar-refractivity contribution is 5.75. The molecule has 1 aliphatic carbocycles. The van der Waals surface area contributed by atoms with Crippen LogP contribution in [-0.2, 0) is 4.79 Å². The van der Waals surface area contributed by atoms with Gasteiger partial charge in [-0.2, -0.15) is 0 Å². The van der Waals surface area contributed by atoms with Crippen LogP contribution in [0.15, 0.2) is 0 Å². The second-order valence-electron chi connectivity index (χ2n) is 5.30. The predicted molar refractivity (Wildman–Crippen MR) is 68.9 cm³/mol. The van der Waals surface area contributed by atoms with Crippen LogP contribution in [0.3, 0.4) is 0 Å². The van der Waals surface area contributed by atoms with E-state index < -0.39 is 0 Å². The van der Waals surface area contributed by atoms with Crippen LogP contribution < -0.4 is 10.6 Å². The van der Waals surface area contributed by atoms with Gasteiger partial charge in [0.05, 0.1) is 0 Å². The van der Waals surface area contributed by atoms with E-state index in [4.69, 9.17) is 0 Å². The van der Waals surface area contributed by atoms with Crippen molar-refractivity contribution in [2.75, 3.05) is 26.7 Å². The predicted octanol–water partition coefficient (Wildman–Crippen LogP) is 0.729. The molecule has 1 saturated heterocycles. The molecule has 0 aromatic heterocycles. The first-order chi connectivity index (χ1) is 8.29. The van der Waals surface area contributed by atoms with Gasteiger partial charge in [-0.3, -0.25) is 9.69 Å². The third-order valence-electron chi connectivity index (χ3n) is 3.81. The van der Waals surface area contributed by atoms with Crippen molar-refractivity contribution >= 4 is 5.91 Å². The second-order valence-corrected chi connectivity index (χ2v) is 5.30. The highest BCUT2D eigenvalue weighted by atomic mass is 16.1. The third-order valence-corrected chi connectivity index (χ3v) is 3.81. The van der Waals surface area contributed by atoms with E-state index in [9.17, 15) is 4.79 Å². The van der Waals surface area contributed by atoms with E-state index in [0.29, 0.717) is 12.5 Å². The van der Waals surface area contributed by atoms with Crippen LogP contribution in [0.1, 0.15) is 38.5 Å². The van der Waals surface area contributed by atoms with E-state index in [1.165, 1.54) is 38.8 Å². The highest BCUT2D eigenvalue weighted by Crippen LogP contribution is 2.27. The molecule has 2 rings (SSSR count). The van der Waals surface area contributed by atoms with Gasteiger partial charge >= 0.3 is 0 Å². The molecule has 1 saturated carbocycles. The minimum absolute atomic E-state index is 0.166. The Morgan fingerprint density at radius 2 is 2.24 bits per heavy atom. The van der Waals surface area contributed by atoms with Gasteiger partial charge in [0.1, 0.15) is 0 Å². The van der Waals surface area contributed by atoms with E-state index in [-0.39, 0.29) is 5.91 Å². The Kier molecular flexibility index (Phi) is 4.80. The lowest BCUT2D eigenvalue weighted by Crippen LogP contribution is -2.39. The monoisotopic (exact) mass is 239 g/mol. The first kappa shape index (κ1) is 12.8. The molecule has 0 aromatic carbocycles. The van der Waals surface area contributed by atoms with Gasteiger partial charge in [0.15, 0.2) is 0 Å². The summed E-state index contributed by atoms with van der Waals surface area (Å²) in [4.78, 5) is 13.8. The normalized spacial score (nSPS) is 24.2. The number of rotatable bonds is 7. The molecule has 98 valence electrons. The van der Waals surface area contributed by atoms with Gasteiger partial charge in [0.25, 0.3) is 0 Å². The average molecular weight is 239 g/mol. The number of carbonyl (C=O) groups excluding carboxylic acids is 1. The van der Waals surface area contributed by atoms with Crippen LogP contribution in [0.5, 0.6) is 0 Å². The van der Waals surface area contributed by atoms with Crippen LogP contribution in [0.25, 0.3) is 0 Å². The maximum atomic E-state index is 11.2. The maximum absolute atomic E-state index is 11.2. The lowest BCUT2D eigenvalue weighted by atomic mass is 10.2. The van der Waals surface area contributed by atoms with Crippen molar-refractivity contribution in [3.63, 3.8) is 0 Å². The molecule has 1 aliphatic heterocycles. The fourth-order valence-electron chi connectivity index (χ4n) is 2.63. The Morgan fingerprint density at radius 1 is 1.41 bits per heavy atom. The van der Waals surface area contributed by atoms with Crippen molar-refractivity contribution in [3.8, 4) is 0 Å². The molecule has 4 heteroatoms. The zero-order valence-corrected chi connectivity index (χ0v) is 10.9. The van der Waals surface area contributed by atoms with E-state index in [1.807, 2.05) is 0 Å². The van der Waals surface area contributed by atoms with E-state index in [0.717, 1.165) is 19.0 Å². The molecule has 0 spiro atoms.